The molecule has 0 spiro atoms. The predicted octanol–water partition coefficient (Wildman–Crippen LogP) is 2.45. The molecule has 1 amide bonds. The maximum absolute atomic E-state index is 11.2. The van der Waals surface area contributed by atoms with Crippen LogP contribution in [0.25, 0.3) is 5.65 Å². The molecule has 0 aromatic carbocycles. The molecular formula is C13H11N5O2S. The molecule has 0 unspecified atom stereocenters. The van der Waals surface area contributed by atoms with Crippen molar-refractivity contribution in [2.24, 2.45) is 0 Å². The van der Waals surface area contributed by atoms with Gasteiger partial charge in [0.05, 0.1) is 13.3 Å². The van der Waals surface area contributed by atoms with Crippen LogP contribution in [0.4, 0.5) is 10.6 Å². The van der Waals surface area contributed by atoms with Crippen LogP contribution < -0.4 is 5.32 Å². The maximum Gasteiger partial charge on any atom is 0.412 e. The second-order valence-electron chi connectivity index (χ2n) is 4.01. The molecule has 0 saturated heterocycles. The van der Waals surface area contributed by atoms with Gasteiger partial charge in [-0.15, -0.1) is 0 Å². The molecule has 7 nitrogen and oxygen atoms in total. The van der Waals surface area contributed by atoms with E-state index in [0.717, 1.165) is 10.5 Å². The first-order chi connectivity index (χ1) is 10.2. The number of rotatable bonds is 3. The fraction of sp³-hybridized carbons (Fsp3) is 0.0769. The Labute approximate surface area is 124 Å². The molecule has 21 heavy (non-hydrogen) atoms. The van der Waals surface area contributed by atoms with E-state index in [4.69, 9.17) is 0 Å². The predicted molar refractivity (Wildman–Crippen MR) is 77.4 cm³/mol. The summed E-state index contributed by atoms with van der Waals surface area (Å²) in [5.41, 5.74) is 0.722. The number of carbonyl (C=O) groups is 1. The Balaban J connectivity index is 1.84. The van der Waals surface area contributed by atoms with Gasteiger partial charge in [-0.2, -0.15) is 0 Å². The molecule has 3 rings (SSSR count). The summed E-state index contributed by atoms with van der Waals surface area (Å²) in [6, 6.07) is 5.55. The fourth-order valence-corrected chi connectivity index (χ4v) is 2.43. The average Bonchev–Trinajstić information content (AvgIpc) is 2.89. The van der Waals surface area contributed by atoms with Crippen molar-refractivity contribution in [3.63, 3.8) is 0 Å². The quantitative estimate of drug-likeness (QED) is 0.748. The van der Waals surface area contributed by atoms with Crippen molar-refractivity contribution in [2.75, 3.05) is 12.4 Å². The summed E-state index contributed by atoms with van der Waals surface area (Å²) < 4.78 is 6.35. The summed E-state index contributed by atoms with van der Waals surface area (Å²) >= 11 is 1.45. The number of hydrogen-bond acceptors (Lipinski definition) is 6. The monoisotopic (exact) mass is 301 g/mol. The molecule has 0 aliphatic rings. The molecule has 1 N–H and O–H groups in total. The molecule has 8 heteroatoms. The minimum absolute atomic E-state index is 0.431. The number of amides is 1. The Morgan fingerprint density at radius 2 is 2.10 bits per heavy atom. The van der Waals surface area contributed by atoms with Crippen LogP contribution >= 0.6 is 11.8 Å². The minimum atomic E-state index is -0.550. The smallest absolute Gasteiger partial charge is 0.412 e. The van der Waals surface area contributed by atoms with Crippen molar-refractivity contribution in [1.29, 1.82) is 0 Å². The van der Waals surface area contributed by atoms with Crippen LogP contribution in [0.2, 0.25) is 0 Å². The van der Waals surface area contributed by atoms with Crippen molar-refractivity contribution in [3.8, 4) is 0 Å². The number of methoxy groups -OCH3 is 1. The van der Waals surface area contributed by atoms with E-state index in [1.54, 1.807) is 24.7 Å². The normalized spacial score (nSPS) is 10.5. The van der Waals surface area contributed by atoms with E-state index >= 15 is 0 Å². The van der Waals surface area contributed by atoms with Crippen molar-refractivity contribution in [2.45, 2.75) is 10.1 Å². The molecule has 3 aromatic heterocycles. The molecule has 0 aliphatic carbocycles. The van der Waals surface area contributed by atoms with Crippen LogP contribution in [0.5, 0.6) is 0 Å². The zero-order valence-electron chi connectivity index (χ0n) is 11.1. The van der Waals surface area contributed by atoms with Crippen molar-refractivity contribution >= 4 is 29.3 Å². The molecule has 0 aliphatic heterocycles. The number of fused-ring (bicyclic) bond motifs is 1. The van der Waals surface area contributed by atoms with Crippen molar-refractivity contribution in [1.82, 2.24) is 19.4 Å². The van der Waals surface area contributed by atoms with Crippen LogP contribution in [0.15, 0.2) is 53.0 Å². The number of aromatic nitrogens is 4. The lowest BCUT2D eigenvalue weighted by Crippen LogP contribution is -2.10. The second-order valence-corrected chi connectivity index (χ2v) is 5.05. The Morgan fingerprint density at radius 1 is 1.29 bits per heavy atom. The van der Waals surface area contributed by atoms with Crippen LogP contribution in [-0.4, -0.2) is 32.6 Å². The number of carbonyl (C=O) groups excluding carboxylic acids is 1. The number of nitrogens with one attached hydrogen (secondary N) is 1. The van der Waals surface area contributed by atoms with Gasteiger partial charge in [-0.1, -0.05) is 0 Å². The minimum Gasteiger partial charge on any atom is -0.453 e. The zero-order chi connectivity index (χ0) is 14.7. The van der Waals surface area contributed by atoms with Gasteiger partial charge in [0, 0.05) is 23.5 Å². The molecular weight excluding hydrogens is 290 g/mol. The Hall–Kier alpha value is -2.61. The first-order valence-electron chi connectivity index (χ1n) is 6.03. The highest BCUT2D eigenvalue weighted by molar-refractivity contribution is 7.99. The SMILES string of the molecule is COC(=O)Nc1cn2cc(Sc3ncccn3)ccc2n1. The van der Waals surface area contributed by atoms with Gasteiger partial charge in [0.2, 0.25) is 0 Å². The largest absolute Gasteiger partial charge is 0.453 e. The first-order valence-corrected chi connectivity index (χ1v) is 6.85. The van der Waals surface area contributed by atoms with E-state index in [9.17, 15) is 4.79 Å². The summed E-state index contributed by atoms with van der Waals surface area (Å²) in [6.45, 7) is 0. The molecule has 106 valence electrons. The van der Waals surface area contributed by atoms with E-state index < -0.39 is 6.09 Å². The highest BCUT2D eigenvalue weighted by Crippen LogP contribution is 2.24. The van der Waals surface area contributed by atoms with E-state index in [1.807, 2.05) is 22.7 Å². The topological polar surface area (TPSA) is 81.4 Å². The van der Waals surface area contributed by atoms with Crippen LogP contribution in [0.3, 0.4) is 0 Å². The molecule has 3 aromatic rings. The van der Waals surface area contributed by atoms with Gasteiger partial charge in [-0.25, -0.2) is 19.7 Å². The van der Waals surface area contributed by atoms with E-state index in [0.29, 0.717) is 11.0 Å². The Kier molecular flexibility index (Phi) is 3.69. The maximum atomic E-state index is 11.2. The summed E-state index contributed by atoms with van der Waals surface area (Å²) in [6.07, 6.45) is 6.45. The van der Waals surface area contributed by atoms with Crippen molar-refractivity contribution in [3.05, 3.63) is 43.0 Å². The van der Waals surface area contributed by atoms with E-state index in [2.05, 4.69) is 25.0 Å². The number of ether oxygens (including phenoxy) is 1. The van der Waals surface area contributed by atoms with Gasteiger partial charge < -0.3 is 9.14 Å². The van der Waals surface area contributed by atoms with Gasteiger partial charge in [0.25, 0.3) is 0 Å². The first kappa shape index (κ1) is 13.4. The van der Waals surface area contributed by atoms with Crippen LogP contribution in [0, 0.1) is 0 Å². The molecule has 0 fully saturated rings. The summed E-state index contributed by atoms with van der Waals surface area (Å²) in [4.78, 5) is 24.7. The van der Waals surface area contributed by atoms with Gasteiger partial charge in [0.1, 0.15) is 5.65 Å². The molecule has 0 atom stereocenters. The second kappa shape index (κ2) is 5.80. The lowest BCUT2D eigenvalue weighted by Gasteiger charge is -2.00. The third-order valence-corrected chi connectivity index (χ3v) is 3.46. The standard InChI is InChI=1S/C13H11N5O2S/c1-20-13(19)17-10-8-18-7-9(3-4-11(18)16-10)21-12-14-5-2-6-15-12/h2-8H,1H3,(H,17,19). The number of imidazole rings is 1. The zero-order valence-corrected chi connectivity index (χ0v) is 11.9. The van der Waals surface area contributed by atoms with E-state index in [1.165, 1.54) is 18.9 Å². The summed E-state index contributed by atoms with van der Waals surface area (Å²) in [5.74, 6) is 0.431. The lowest BCUT2D eigenvalue weighted by molar-refractivity contribution is 0.187. The number of hydrogen-bond donors (Lipinski definition) is 1. The molecule has 3 heterocycles. The van der Waals surface area contributed by atoms with Crippen LogP contribution in [-0.2, 0) is 4.74 Å². The van der Waals surface area contributed by atoms with Crippen molar-refractivity contribution < 1.29 is 9.53 Å². The number of anilines is 1. The third-order valence-electron chi connectivity index (χ3n) is 2.59. The highest BCUT2D eigenvalue weighted by Gasteiger charge is 2.07. The summed E-state index contributed by atoms with van der Waals surface area (Å²) in [7, 11) is 1.31. The molecule has 0 bridgehead atoms. The molecule has 0 saturated carbocycles. The van der Waals surface area contributed by atoms with Gasteiger partial charge in [-0.05, 0) is 30.0 Å². The third kappa shape index (κ3) is 3.11. The van der Waals surface area contributed by atoms with Gasteiger partial charge in [-0.3, -0.25) is 5.32 Å². The fourth-order valence-electron chi connectivity index (χ4n) is 1.69. The van der Waals surface area contributed by atoms with Crippen LogP contribution in [0.1, 0.15) is 0 Å². The number of nitrogens with zero attached hydrogens (tertiary/aromatic N) is 4. The molecule has 0 radical (unpaired) electrons. The Morgan fingerprint density at radius 3 is 2.86 bits per heavy atom. The van der Waals surface area contributed by atoms with E-state index in [-0.39, 0.29) is 0 Å². The lowest BCUT2D eigenvalue weighted by atomic mass is 10.5. The average molecular weight is 301 g/mol. The number of pyridine rings is 1. The summed E-state index contributed by atoms with van der Waals surface area (Å²) in [5, 5.41) is 3.20. The van der Waals surface area contributed by atoms with Gasteiger partial charge >= 0.3 is 6.09 Å². The highest BCUT2D eigenvalue weighted by atomic mass is 32.2. The van der Waals surface area contributed by atoms with Gasteiger partial charge in [0.15, 0.2) is 11.0 Å². The Bertz CT molecular complexity index is 775.